The van der Waals surface area contributed by atoms with E-state index in [1.165, 1.54) is 26.4 Å². The van der Waals surface area contributed by atoms with Crippen LogP contribution in [0.2, 0.25) is 0 Å². The van der Waals surface area contributed by atoms with Gasteiger partial charge >= 0.3 is 5.97 Å². The zero-order valence-corrected chi connectivity index (χ0v) is 19.5. The molecule has 170 valence electrons. The van der Waals surface area contributed by atoms with E-state index in [-0.39, 0.29) is 5.91 Å². The standard InChI is InChI=1S/C28H30N2O3/c1-19-12-13-22(30-14-8-5-9-15-30)17-24(19)27(31)29-26-18-23(21-10-6-4-7-11-21)20(2)16-25(26)28(32)33-3/h4,6-7,10-13,16-18H,5,8-9,14-15H2,1-3H3,(H,29,31). The van der Waals surface area contributed by atoms with Gasteiger partial charge in [-0.05, 0) is 79.6 Å². The third-order valence-electron chi connectivity index (χ3n) is 6.29. The van der Waals surface area contributed by atoms with Gasteiger partial charge in [0.05, 0.1) is 18.4 Å². The van der Waals surface area contributed by atoms with Crippen molar-refractivity contribution < 1.29 is 14.3 Å². The zero-order chi connectivity index (χ0) is 23.4. The summed E-state index contributed by atoms with van der Waals surface area (Å²) in [5.41, 5.74) is 6.25. The molecule has 0 aliphatic carbocycles. The minimum Gasteiger partial charge on any atom is -0.465 e. The molecule has 1 aliphatic heterocycles. The molecule has 1 heterocycles. The Bertz CT molecular complexity index is 1170. The molecule has 0 saturated carbocycles. The fourth-order valence-corrected chi connectivity index (χ4v) is 4.41. The second kappa shape index (κ2) is 9.90. The maximum absolute atomic E-state index is 13.4. The Morgan fingerprint density at radius 1 is 0.848 bits per heavy atom. The van der Waals surface area contributed by atoms with Crippen LogP contribution in [0.15, 0.2) is 60.7 Å². The molecule has 4 rings (SSSR count). The molecule has 0 aromatic heterocycles. The second-order valence-corrected chi connectivity index (χ2v) is 8.57. The highest BCUT2D eigenvalue weighted by Crippen LogP contribution is 2.31. The lowest BCUT2D eigenvalue weighted by Gasteiger charge is -2.29. The number of methoxy groups -OCH3 is 1. The van der Waals surface area contributed by atoms with Crippen LogP contribution in [0.1, 0.15) is 51.1 Å². The number of amides is 1. The summed E-state index contributed by atoms with van der Waals surface area (Å²) < 4.78 is 4.99. The number of ether oxygens (including phenoxy) is 1. The third kappa shape index (κ3) is 4.92. The molecule has 0 atom stereocenters. The number of nitrogens with one attached hydrogen (secondary N) is 1. The Hall–Kier alpha value is -3.60. The Morgan fingerprint density at radius 2 is 1.58 bits per heavy atom. The molecular formula is C28H30N2O3. The van der Waals surface area contributed by atoms with Crippen LogP contribution in [-0.4, -0.2) is 32.1 Å². The minimum absolute atomic E-state index is 0.237. The van der Waals surface area contributed by atoms with E-state index >= 15 is 0 Å². The van der Waals surface area contributed by atoms with E-state index in [2.05, 4.69) is 16.3 Å². The first-order valence-corrected chi connectivity index (χ1v) is 11.4. The number of rotatable bonds is 5. The Labute approximate surface area is 195 Å². The number of esters is 1. The quantitative estimate of drug-likeness (QED) is 0.493. The molecule has 1 fully saturated rings. The van der Waals surface area contributed by atoms with Crippen molar-refractivity contribution in [3.8, 4) is 11.1 Å². The predicted octanol–water partition coefficient (Wildman–Crippen LogP) is 6.00. The molecular weight excluding hydrogens is 412 g/mol. The normalized spacial score (nSPS) is 13.5. The number of nitrogens with zero attached hydrogens (tertiary/aromatic N) is 1. The number of piperidine rings is 1. The van der Waals surface area contributed by atoms with Crippen LogP contribution in [0.3, 0.4) is 0 Å². The topological polar surface area (TPSA) is 58.6 Å². The van der Waals surface area contributed by atoms with Gasteiger partial charge in [-0.1, -0.05) is 36.4 Å². The lowest BCUT2D eigenvalue weighted by atomic mass is 9.96. The number of anilines is 2. The van der Waals surface area contributed by atoms with E-state index < -0.39 is 5.97 Å². The summed E-state index contributed by atoms with van der Waals surface area (Å²) in [5, 5.41) is 2.99. The van der Waals surface area contributed by atoms with Crippen molar-refractivity contribution in [3.05, 3.63) is 82.9 Å². The smallest absolute Gasteiger partial charge is 0.339 e. The summed E-state index contributed by atoms with van der Waals surface area (Å²) in [7, 11) is 1.35. The van der Waals surface area contributed by atoms with Crippen LogP contribution < -0.4 is 10.2 Å². The lowest BCUT2D eigenvalue weighted by Crippen LogP contribution is -2.29. The van der Waals surface area contributed by atoms with Gasteiger partial charge in [0, 0.05) is 24.3 Å². The monoisotopic (exact) mass is 442 g/mol. The molecule has 0 bridgehead atoms. The van der Waals surface area contributed by atoms with Crippen molar-refractivity contribution in [2.75, 3.05) is 30.4 Å². The van der Waals surface area contributed by atoms with E-state index in [0.29, 0.717) is 16.8 Å². The van der Waals surface area contributed by atoms with E-state index in [1.54, 1.807) is 6.07 Å². The van der Waals surface area contributed by atoms with Gasteiger partial charge in [0.15, 0.2) is 0 Å². The molecule has 5 heteroatoms. The first-order chi connectivity index (χ1) is 16.0. The van der Waals surface area contributed by atoms with Gasteiger partial charge in [0.2, 0.25) is 0 Å². The molecule has 0 spiro atoms. The number of hydrogen-bond donors (Lipinski definition) is 1. The highest BCUT2D eigenvalue weighted by Gasteiger charge is 2.20. The fraction of sp³-hybridized carbons (Fsp3) is 0.286. The fourth-order valence-electron chi connectivity index (χ4n) is 4.41. The predicted molar refractivity (Wildman–Crippen MR) is 133 cm³/mol. The van der Waals surface area contributed by atoms with Gasteiger partial charge in [-0.25, -0.2) is 4.79 Å². The van der Waals surface area contributed by atoms with Crippen LogP contribution in [-0.2, 0) is 4.74 Å². The highest BCUT2D eigenvalue weighted by atomic mass is 16.5. The van der Waals surface area contributed by atoms with Crippen molar-refractivity contribution in [3.63, 3.8) is 0 Å². The van der Waals surface area contributed by atoms with E-state index in [4.69, 9.17) is 4.74 Å². The Balaban J connectivity index is 1.70. The maximum atomic E-state index is 13.4. The van der Waals surface area contributed by atoms with Crippen LogP contribution in [0.4, 0.5) is 11.4 Å². The molecule has 1 amide bonds. The molecule has 3 aromatic rings. The molecule has 1 N–H and O–H groups in total. The molecule has 3 aromatic carbocycles. The summed E-state index contributed by atoms with van der Waals surface area (Å²) in [4.78, 5) is 28.2. The average Bonchev–Trinajstić information content (AvgIpc) is 2.85. The molecule has 1 saturated heterocycles. The summed E-state index contributed by atoms with van der Waals surface area (Å²) in [5.74, 6) is -0.717. The van der Waals surface area contributed by atoms with Crippen molar-refractivity contribution in [1.82, 2.24) is 0 Å². The lowest BCUT2D eigenvalue weighted by molar-refractivity contribution is 0.0602. The molecule has 0 radical (unpaired) electrons. The van der Waals surface area contributed by atoms with E-state index in [1.807, 2.05) is 62.4 Å². The Morgan fingerprint density at radius 3 is 2.27 bits per heavy atom. The largest absolute Gasteiger partial charge is 0.465 e. The van der Waals surface area contributed by atoms with Gasteiger partial charge < -0.3 is 15.0 Å². The number of hydrogen-bond acceptors (Lipinski definition) is 4. The van der Waals surface area contributed by atoms with Gasteiger partial charge in [0.1, 0.15) is 0 Å². The summed E-state index contributed by atoms with van der Waals surface area (Å²) in [6, 6.07) is 19.6. The van der Waals surface area contributed by atoms with E-state index in [0.717, 1.165) is 41.0 Å². The summed E-state index contributed by atoms with van der Waals surface area (Å²) in [6.07, 6.45) is 3.59. The third-order valence-corrected chi connectivity index (χ3v) is 6.29. The number of aryl methyl sites for hydroxylation is 2. The van der Waals surface area contributed by atoms with Crippen LogP contribution >= 0.6 is 0 Å². The van der Waals surface area contributed by atoms with Crippen molar-refractivity contribution in [2.45, 2.75) is 33.1 Å². The molecule has 5 nitrogen and oxygen atoms in total. The van der Waals surface area contributed by atoms with Crippen LogP contribution in [0.5, 0.6) is 0 Å². The van der Waals surface area contributed by atoms with Gasteiger partial charge in [-0.2, -0.15) is 0 Å². The van der Waals surface area contributed by atoms with Crippen LogP contribution in [0.25, 0.3) is 11.1 Å². The first kappa shape index (κ1) is 22.6. The van der Waals surface area contributed by atoms with Crippen LogP contribution in [0, 0.1) is 13.8 Å². The molecule has 1 aliphatic rings. The van der Waals surface area contributed by atoms with Crippen molar-refractivity contribution in [2.24, 2.45) is 0 Å². The molecule has 33 heavy (non-hydrogen) atoms. The van der Waals surface area contributed by atoms with Crippen molar-refractivity contribution >= 4 is 23.3 Å². The van der Waals surface area contributed by atoms with E-state index in [9.17, 15) is 9.59 Å². The summed E-state index contributed by atoms with van der Waals surface area (Å²) >= 11 is 0. The van der Waals surface area contributed by atoms with Crippen molar-refractivity contribution in [1.29, 1.82) is 0 Å². The highest BCUT2D eigenvalue weighted by molar-refractivity contribution is 6.09. The average molecular weight is 443 g/mol. The zero-order valence-electron chi connectivity index (χ0n) is 19.5. The SMILES string of the molecule is COC(=O)c1cc(C)c(-c2ccccc2)cc1NC(=O)c1cc(N2CCCCC2)ccc1C. The number of carbonyl (C=O) groups is 2. The van der Waals surface area contributed by atoms with Gasteiger partial charge in [-0.15, -0.1) is 0 Å². The summed E-state index contributed by atoms with van der Waals surface area (Å²) in [6.45, 7) is 5.90. The van der Waals surface area contributed by atoms with Gasteiger partial charge in [-0.3, -0.25) is 4.79 Å². The number of carbonyl (C=O) groups excluding carboxylic acids is 2. The first-order valence-electron chi connectivity index (χ1n) is 11.4. The number of benzene rings is 3. The Kier molecular flexibility index (Phi) is 6.78. The van der Waals surface area contributed by atoms with Gasteiger partial charge in [0.25, 0.3) is 5.91 Å². The minimum atomic E-state index is -0.480. The molecule has 0 unspecified atom stereocenters. The second-order valence-electron chi connectivity index (χ2n) is 8.57. The maximum Gasteiger partial charge on any atom is 0.339 e.